The first-order chi connectivity index (χ1) is 9.31. The highest BCUT2D eigenvalue weighted by Gasteiger charge is 2.24. The Hall–Kier alpha value is -1.61. The zero-order valence-corrected chi connectivity index (χ0v) is 11.3. The van der Waals surface area contributed by atoms with Crippen molar-refractivity contribution >= 4 is 12.0 Å². The van der Waals surface area contributed by atoms with Crippen LogP contribution in [0.4, 0.5) is 0 Å². The summed E-state index contributed by atoms with van der Waals surface area (Å²) < 4.78 is 0. The van der Waals surface area contributed by atoms with E-state index in [-0.39, 0.29) is 5.91 Å². The number of amides is 1. The summed E-state index contributed by atoms with van der Waals surface area (Å²) in [5.74, 6) is 0.113. The average molecular weight is 258 g/mol. The SMILES string of the molecule is NCCC1CCCCN1C(=O)C=Cc1ccccc1. The van der Waals surface area contributed by atoms with Crippen molar-refractivity contribution in [1.29, 1.82) is 0 Å². The lowest BCUT2D eigenvalue weighted by molar-refractivity contribution is -0.129. The summed E-state index contributed by atoms with van der Waals surface area (Å²) in [4.78, 5) is 14.2. The van der Waals surface area contributed by atoms with Crippen molar-refractivity contribution in [2.45, 2.75) is 31.7 Å². The number of nitrogens with zero attached hydrogens (tertiary/aromatic N) is 1. The number of hydrogen-bond acceptors (Lipinski definition) is 2. The van der Waals surface area contributed by atoms with E-state index in [2.05, 4.69) is 0 Å². The number of rotatable bonds is 4. The topological polar surface area (TPSA) is 46.3 Å². The molecule has 19 heavy (non-hydrogen) atoms. The smallest absolute Gasteiger partial charge is 0.246 e. The van der Waals surface area contributed by atoms with Gasteiger partial charge in [0.05, 0.1) is 0 Å². The molecule has 1 amide bonds. The largest absolute Gasteiger partial charge is 0.336 e. The van der Waals surface area contributed by atoms with E-state index in [1.807, 2.05) is 41.3 Å². The molecule has 102 valence electrons. The van der Waals surface area contributed by atoms with Crippen LogP contribution in [-0.2, 0) is 4.79 Å². The molecule has 0 bridgehead atoms. The monoisotopic (exact) mass is 258 g/mol. The van der Waals surface area contributed by atoms with E-state index in [0.717, 1.165) is 31.4 Å². The molecule has 0 spiro atoms. The van der Waals surface area contributed by atoms with E-state index >= 15 is 0 Å². The Bertz CT molecular complexity index is 426. The fourth-order valence-electron chi connectivity index (χ4n) is 2.61. The standard InChI is InChI=1S/C16H22N2O/c17-12-11-15-8-4-5-13-18(15)16(19)10-9-14-6-2-1-3-7-14/h1-3,6-7,9-10,15H,4-5,8,11-13,17H2. The van der Waals surface area contributed by atoms with Crippen LogP contribution in [0.2, 0.25) is 0 Å². The van der Waals surface area contributed by atoms with Gasteiger partial charge < -0.3 is 10.6 Å². The minimum absolute atomic E-state index is 0.113. The van der Waals surface area contributed by atoms with E-state index < -0.39 is 0 Å². The fourth-order valence-corrected chi connectivity index (χ4v) is 2.61. The van der Waals surface area contributed by atoms with Crippen molar-refractivity contribution in [3.63, 3.8) is 0 Å². The molecule has 2 N–H and O–H groups in total. The van der Waals surface area contributed by atoms with Gasteiger partial charge in [-0.1, -0.05) is 30.3 Å². The molecule has 1 saturated heterocycles. The van der Waals surface area contributed by atoms with Crippen LogP contribution in [0.25, 0.3) is 6.08 Å². The molecule has 2 rings (SSSR count). The highest BCUT2D eigenvalue weighted by Crippen LogP contribution is 2.19. The Labute approximate surface area is 115 Å². The third kappa shape index (κ3) is 3.93. The fraction of sp³-hybridized carbons (Fsp3) is 0.438. The molecule has 0 aromatic heterocycles. The highest BCUT2D eigenvalue weighted by atomic mass is 16.2. The summed E-state index contributed by atoms with van der Waals surface area (Å²) >= 11 is 0. The van der Waals surface area contributed by atoms with Gasteiger partial charge in [0, 0.05) is 18.7 Å². The summed E-state index contributed by atoms with van der Waals surface area (Å²) in [5, 5.41) is 0. The van der Waals surface area contributed by atoms with Crippen LogP contribution >= 0.6 is 0 Å². The van der Waals surface area contributed by atoms with Crippen LogP contribution in [0.1, 0.15) is 31.2 Å². The van der Waals surface area contributed by atoms with Crippen LogP contribution in [0.5, 0.6) is 0 Å². The Morgan fingerprint density at radius 2 is 2.11 bits per heavy atom. The molecule has 1 aromatic carbocycles. The number of nitrogens with two attached hydrogens (primary N) is 1. The zero-order chi connectivity index (χ0) is 13.5. The van der Waals surface area contributed by atoms with Crippen molar-refractivity contribution in [2.24, 2.45) is 5.73 Å². The van der Waals surface area contributed by atoms with Crippen LogP contribution in [0.15, 0.2) is 36.4 Å². The molecular weight excluding hydrogens is 236 g/mol. The van der Waals surface area contributed by atoms with Crippen LogP contribution in [-0.4, -0.2) is 29.9 Å². The summed E-state index contributed by atoms with van der Waals surface area (Å²) in [7, 11) is 0. The molecule has 1 heterocycles. The maximum atomic E-state index is 12.3. The van der Waals surface area contributed by atoms with Gasteiger partial charge >= 0.3 is 0 Å². The van der Waals surface area contributed by atoms with Crippen LogP contribution in [0, 0.1) is 0 Å². The van der Waals surface area contributed by atoms with Crippen molar-refractivity contribution in [2.75, 3.05) is 13.1 Å². The number of carbonyl (C=O) groups excluding carboxylic acids is 1. The molecule has 1 unspecified atom stereocenters. The van der Waals surface area contributed by atoms with Crippen molar-refractivity contribution in [1.82, 2.24) is 4.90 Å². The Morgan fingerprint density at radius 3 is 2.84 bits per heavy atom. The van der Waals surface area contributed by atoms with E-state index in [1.54, 1.807) is 6.08 Å². The van der Waals surface area contributed by atoms with Gasteiger partial charge in [-0.3, -0.25) is 4.79 Å². The minimum Gasteiger partial charge on any atom is -0.336 e. The third-order valence-electron chi connectivity index (χ3n) is 3.63. The predicted octanol–water partition coefficient (Wildman–Crippen LogP) is 2.43. The summed E-state index contributed by atoms with van der Waals surface area (Å²) in [5.41, 5.74) is 6.69. The molecule has 0 aliphatic carbocycles. The second-order valence-electron chi connectivity index (χ2n) is 5.00. The van der Waals surface area contributed by atoms with Gasteiger partial charge in [-0.05, 0) is 43.9 Å². The van der Waals surface area contributed by atoms with E-state index in [9.17, 15) is 4.79 Å². The summed E-state index contributed by atoms with van der Waals surface area (Å²) in [6.07, 6.45) is 7.87. The molecule has 1 aliphatic heterocycles. The van der Waals surface area contributed by atoms with Crippen molar-refractivity contribution in [3.8, 4) is 0 Å². The Kier molecular flexibility index (Phi) is 5.16. The van der Waals surface area contributed by atoms with E-state index in [4.69, 9.17) is 5.73 Å². The van der Waals surface area contributed by atoms with Gasteiger partial charge in [-0.25, -0.2) is 0 Å². The normalized spacial score (nSPS) is 19.8. The van der Waals surface area contributed by atoms with Gasteiger partial charge in [0.2, 0.25) is 5.91 Å². The number of carbonyl (C=O) groups is 1. The van der Waals surface area contributed by atoms with Gasteiger partial charge in [0.15, 0.2) is 0 Å². The van der Waals surface area contributed by atoms with Crippen LogP contribution in [0.3, 0.4) is 0 Å². The molecule has 1 fully saturated rings. The highest BCUT2D eigenvalue weighted by molar-refractivity contribution is 5.92. The third-order valence-corrected chi connectivity index (χ3v) is 3.63. The van der Waals surface area contributed by atoms with Gasteiger partial charge in [0.1, 0.15) is 0 Å². The first-order valence-electron chi connectivity index (χ1n) is 7.05. The maximum absolute atomic E-state index is 12.3. The molecular formula is C16H22N2O. The average Bonchev–Trinajstić information content (AvgIpc) is 2.47. The molecule has 3 nitrogen and oxygen atoms in total. The number of likely N-dealkylation sites (tertiary alicyclic amines) is 1. The molecule has 1 aliphatic rings. The lowest BCUT2D eigenvalue weighted by Crippen LogP contribution is -2.43. The number of piperidine rings is 1. The second kappa shape index (κ2) is 7.10. The quantitative estimate of drug-likeness (QED) is 0.843. The summed E-state index contributed by atoms with van der Waals surface area (Å²) in [6.45, 7) is 1.51. The predicted molar refractivity (Wildman–Crippen MR) is 78.5 cm³/mol. The molecule has 1 atom stereocenters. The van der Waals surface area contributed by atoms with Crippen molar-refractivity contribution < 1.29 is 4.79 Å². The molecule has 1 aromatic rings. The lowest BCUT2D eigenvalue weighted by Gasteiger charge is -2.35. The van der Waals surface area contributed by atoms with E-state index in [0.29, 0.717) is 12.6 Å². The van der Waals surface area contributed by atoms with Gasteiger partial charge in [-0.15, -0.1) is 0 Å². The van der Waals surface area contributed by atoms with Crippen molar-refractivity contribution in [3.05, 3.63) is 42.0 Å². The maximum Gasteiger partial charge on any atom is 0.246 e. The van der Waals surface area contributed by atoms with Crippen LogP contribution < -0.4 is 5.73 Å². The minimum atomic E-state index is 0.113. The van der Waals surface area contributed by atoms with Gasteiger partial charge in [0.25, 0.3) is 0 Å². The summed E-state index contributed by atoms with van der Waals surface area (Å²) in [6, 6.07) is 10.2. The second-order valence-corrected chi connectivity index (χ2v) is 5.00. The molecule has 0 radical (unpaired) electrons. The van der Waals surface area contributed by atoms with E-state index in [1.165, 1.54) is 6.42 Å². The first kappa shape index (κ1) is 13.8. The zero-order valence-electron chi connectivity index (χ0n) is 11.3. The molecule has 0 saturated carbocycles. The lowest BCUT2D eigenvalue weighted by atomic mass is 9.99. The first-order valence-corrected chi connectivity index (χ1v) is 7.05. The molecule has 3 heteroatoms. The number of hydrogen-bond donors (Lipinski definition) is 1. The Balaban J connectivity index is 1.99. The number of benzene rings is 1. The Morgan fingerprint density at radius 1 is 1.32 bits per heavy atom. The van der Waals surface area contributed by atoms with Gasteiger partial charge in [-0.2, -0.15) is 0 Å².